The fourth-order valence-electron chi connectivity index (χ4n) is 1.40. The van der Waals surface area contributed by atoms with Crippen molar-refractivity contribution in [2.45, 2.75) is 13.8 Å². The second-order valence-electron chi connectivity index (χ2n) is 3.47. The lowest BCUT2D eigenvalue weighted by Gasteiger charge is -2.19. The number of hydrogen-bond acceptors (Lipinski definition) is 2. The molecule has 0 atom stereocenters. The predicted octanol–water partition coefficient (Wildman–Crippen LogP) is 1.45. The van der Waals surface area contributed by atoms with Gasteiger partial charge in [0.15, 0.2) is 0 Å². The van der Waals surface area contributed by atoms with Gasteiger partial charge in [-0.05, 0) is 26.0 Å². The summed E-state index contributed by atoms with van der Waals surface area (Å²) >= 11 is 0. The zero-order valence-electron chi connectivity index (χ0n) is 9.23. The van der Waals surface area contributed by atoms with E-state index in [1.807, 2.05) is 38.1 Å². The summed E-state index contributed by atoms with van der Waals surface area (Å²) in [5.41, 5.74) is 1.81. The van der Waals surface area contributed by atoms with Crippen molar-refractivity contribution in [1.82, 2.24) is 4.90 Å². The lowest BCUT2D eigenvalue weighted by molar-refractivity contribution is 0.0732. The lowest BCUT2D eigenvalue weighted by Crippen LogP contribution is -2.33. The van der Waals surface area contributed by atoms with Crippen LogP contribution in [0, 0.1) is 6.92 Å². The minimum Gasteiger partial charge on any atom is -0.395 e. The van der Waals surface area contributed by atoms with Crippen LogP contribution in [0.4, 0.5) is 0 Å². The molecule has 0 heterocycles. The maximum Gasteiger partial charge on any atom is 0.253 e. The zero-order chi connectivity index (χ0) is 11.3. The molecular weight excluding hydrogens is 190 g/mol. The Hall–Kier alpha value is -1.35. The molecule has 1 rings (SSSR count). The molecule has 1 amide bonds. The Kier molecular flexibility index (Phi) is 4.31. The highest BCUT2D eigenvalue weighted by molar-refractivity contribution is 5.94. The van der Waals surface area contributed by atoms with Gasteiger partial charge in [-0.2, -0.15) is 0 Å². The number of aryl methyl sites for hydroxylation is 1. The third-order valence-corrected chi connectivity index (χ3v) is 2.34. The number of hydrogen-bond donors (Lipinski definition) is 1. The number of aliphatic hydroxyl groups excluding tert-OH is 1. The van der Waals surface area contributed by atoms with E-state index >= 15 is 0 Å². The Morgan fingerprint density at radius 2 is 1.93 bits per heavy atom. The van der Waals surface area contributed by atoms with Crippen LogP contribution in [0.5, 0.6) is 0 Å². The van der Waals surface area contributed by atoms with E-state index in [1.165, 1.54) is 0 Å². The molecule has 0 saturated heterocycles. The first-order chi connectivity index (χ1) is 7.19. The molecule has 1 aromatic rings. The summed E-state index contributed by atoms with van der Waals surface area (Å²) in [5, 5.41) is 8.81. The molecule has 3 heteroatoms. The lowest BCUT2D eigenvalue weighted by atomic mass is 10.1. The topological polar surface area (TPSA) is 40.5 Å². The third kappa shape index (κ3) is 3.06. The summed E-state index contributed by atoms with van der Waals surface area (Å²) < 4.78 is 0. The van der Waals surface area contributed by atoms with Gasteiger partial charge in [0, 0.05) is 18.7 Å². The van der Waals surface area contributed by atoms with Crippen LogP contribution in [0.1, 0.15) is 22.8 Å². The van der Waals surface area contributed by atoms with Gasteiger partial charge in [-0.1, -0.05) is 17.7 Å². The van der Waals surface area contributed by atoms with Crippen molar-refractivity contribution < 1.29 is 9.90 Å². The van der Waals surface area contributed by atoms with E-state index in [9.17, 15) is 4.79 Å². The molecule has 0 aliphatic carbocycles. The molecule has 15 heavy (non-hydrogen) atoms. The minimum atomic E-state index is -0.0217. The number of benzene rings is 1. The van der Waals surface area contributed by atoms with Crippen LogP contribution in [0.15, 0.2) is 24.3 Å². The molecule has 0 unspecified atom stereocenters. The second kappa shape index (κ2) is 5.51. The van der Waals surface area contributed by atoms with Crippen LogP contribution < -0.4 is 0 Å². The van der Waals surface area contributed by atoms with Crippen molar-refractivity contribution >= 4 is 5.91 Å². The molecule has 0 bridgehead atoms. The second-order valence-corrected chi connectivity index (χ2v) is 3.47. The predicted molar refractivity (Wildman–Crippen MR) is 59.8 cm³/mol. The molecule has 0 aliphatic rings. The maximum atomic E-state index is 11.9. The van der Waals surface area contributed by atoms with Crippen LogP contribution in [-0.4, -0.2) is 35.6 Å². The van der Waals surface area contributed by atoms with Crippen molar-refractivity contribution in [1.29, 1.82) is 0 Å². The summed E-state index contributed by atoms with van der Waals surface area (Å²) in [5.74, 6) is -0.0217. The van der Waals surface area contributed by atoms with Gasteiger partial charge in [-0.3, -0.25) is 4.79 Å². The first kappa shape index (κ1) is 11.7. The summed E-state index contributed by atoms with van der Waals surface area (Å²) in [6, 6.07) is 7.47. The molecule has 0 aliphatic heterocycles. The highest BCUT2D eigenvalue weighted by Gasteiger charge is 2.12. The summed E-state index contributed by atoms with van der Waals surface area (Å²) in [6.07, 6.45) is 0. The largest absolute Gasteiger partial charge is 0.395 e. The third-order valence-electron chi connectivity index (χ3n) is 2.34. The average Bonchev–Trinajstić information content (AvgIpc) is 2.26. The standard InChI is InChI=1S/C12H17NO2/c1-3-13(8-9-14)12(15)11-6-4-10(2)5-7-11/h4-7,14H,3,8-9H2,1-2H3. The molecular formula is C12H17NO2. The summed E-state index contributed by atoms with van der Waals surface area (Å²) in [6.45, 7) is 4.91. The van der Waals surface area contributed by atoms with Crippen molar-refractivity contribution in [2.75, 3.05) is 19.7 Å². The molecule has 1 aromatic carbocycles. The number of rotatable bonds is 4. The van der Waals surface area contributed by atoms with E-state index in [0.717, 1.165) is 5.56 Å². The molecule has 0 saturated carbocycles. The number of aliphatic hydroxyl groups is 1. The quantitative estimate of drug-likeness (QED) is 0.811. The molecule has 0 radical (unpaired) electrons. The highest BCUT2D eigenvalue weighted by atomic mass is 16.3. The van der Waals surface area contributed by atoms with Crippen molar-refractivity contribution in [3.63, 3.8) is 0 Å². The average molecular weight is 207 g/mol. The summed E-state index contributed by atoms with van der Waals surface area (Å²) in [7, 11) is 0. The normalized spacial score (nSPS) is 10.1. The Labute approximate surface area is 90.3 Å². The molecule has 3 nitrogen and oxygen atoms in total. The first-order valence-corrected chi connectivity index (χ1v) is 5.15. The van der Waals surface area contributed by atoms with Crippen molar-refractivity contribution in [3.05, 3.63) is 35.4 Å². The van der Waals surface area contributed by atoms with Crippen molar-refractivity contribution in [2.24, 2.45) is 0 Å². The fourth-order valence-corrected chi connectivity index (χ4v) is 1.40. The van der Waals surface area contributed by atoms with Crippen LogP contribution in [0.3, 0.4) is 0 Å². The Morgan fingerprint density at radius 3 is 2.40 bits per heavy atom. The van der Waals surface area contributed by atoms with Crippen LogP contribution in [0.25, 0.3) is 0 Å². The summed E-state index contributed by atoms with van der Waals surface area (Å²) in [4.78, 5) is 13.5. The van der Waals surface area contributed by atoms with E-state index in [1.54, 1.807) is 4.90 Å². The molecule has 0 aromatic heterocycles. The SMILES string of the molecule is CCN(CCO)C(=O)c1ccc(C)cc1. The van der Waals surface area contributed by atoms with E-state index in [2.05, 4.69) is 0 Å². The van der Waals surface area contributed by atoms with Gasteiger partial charge in [0.2, 0.25) is 0 Å². The van der Waals surface area contributed by atoms with Crippen LogP contribution in [-0.2, 0) is 0 Å². The first-order valence-electron chi connectivity index (χ1n) is 5.15. The van der Waals surface area contributed by atoms with E-state index < -0.39 is 0 Å². The van der Waals surface area contributed by atoms with Crippen molar-refractivity contribution in [3.8, 4) is 0 Å². The van der Waals surface area contributed by atoms with E-state index in [-0.39, 0.29) is 12.5 Å². The number of likely N-dealkylation sites (N-methyl/N-ethyl adjacent to an activating group) is 1. The minimum absolute atomic E-state index is 0.00540. The van der Waals surface area contributed by atoms with Gasteiger partial charge in [0.1, 0.15) is 0 Å². The number of amides is 1. The van der Waals surface area contributed by atoms with Crippen LogP contribution in [0.2, 0.25) is 0 Å². The number of carbonyl (C=O) groups is 1. The van der Waals surface area contributed by atoms with Crippen LogP contribution >= 0.6 is 0 Å². The Bertz CT molecular complexity index is 319. The van der Waals surface area contributed by atoms with Gasteiger partial charge < -0.3 is 10.0 Å². The molecule has 82 valence electrons. The number of carbonyl (C=O) groups excluding carboxylic acids is 1. The van der Waals surface area contributed by atoms with Gasteiger partial charge in [-0.15, -0.1) is 0 Å². The van der Waals surface area contributed by atoms with Gasteiger partial charge in [0.25, 0.3) is 5.91 Å². The molecule has 1 N–H and O–H groups in total. The van der Waals surface area contributed by atoms with E-state index in [4.69, 9.17) is 5.11 Å². The van der Waals surface area contributed by atoms with Gasteiger partial charge >= 0.3 is 0 Å². The smallest absolute Gasteiger partial charge is 0.253 e. The molecule has 0 spiro atoms. The Morgan fingerprint density at radius 1 is 1.33 bits per heavy atom. The maximum absolute atomic E-state index is 11.9. The Balaban J connectivity index is 2.78. The fraction of sp³-hybridized carbons (Fsp3) is 0.417. The van der Waals surface area contributed by atoms with Gasteiger partial charge in [-0.25, -0.2) is 0 Å². The molecule has 0 fully saturated rings. The highest BCUT2D eigenvalue weighted by Crippen LogP contribution is 2.06. The zero-order valence-corrected chi connectivity index (χ0v) is 9.23. The number of nitrogens with zero attached hydrogens (tertiary/aromatic N) is 1. The van der Waals surface area contributed by atoms with Gasteiger partial charge in [0.05, 0.1) is 6.61 Å². The monoisotopic (exact) mass is 207 g/mol. The van der Waals surface area contributed by atoms with E-state index in [0.29, 0.717) is 18.7 Å².